The molecule has 13 heteroatoms. The Morgan fingerprint density at radius 1 is 0.838 bits per heavy atom. The molecule has 0 spiro atoms. The van der Waals surface area contributed by atoms with E-state index in [1.807, 2.05) is 0 Å². The average Bonchev–Trinajstić information content (AvgIpc) is 3.37. The standard InChI is InChI=1S/C24H14Cl5F3N2O2S/c25-12-7-11(8-13(26)9-12)19-20(23(19,28)29)22(36)34-15-3-6-18(27)17(10-15)21(35)33-14-1-4-16(5-2-14)37-24(30,31)32/h1-10,19-20H,(H,33,35)(H,34,36)/t19-,20+/m0/s1. The van der Waals surface area contributed by atoms with E-state index < -0.39 is 33.5 Å². The van der Waals surface area contributed by atoms with Crippen molar-refractivity contribution < 1.29 is 22.8 Å². The summed E-state index contributed by atoms with van der Waals surface area (Å²) in [4.78, 5) is 25.7. The van der Waals surface area contributed by atoms with Crippen LogP contribution in [0.2, 0.25) is 15.1 Å². The second-order valence-electron chi connectivity index (χ2n) is 8.04. The fraction of sp³-hybridized carbons (Fsp3) is 0.167. The Morgan fingerprint density at radius 3 is 2.03 bits per heavy atom. The molecule has 4 rings (SSSR count). The number of alkyl halides is 5. The van der Waals surface area contributed by atoms with Crippen LogP contribution in [0.15, 0.2) is 65.6 Å². The second-order valence-corrected chi connectivity index (χ2v) is 11.9. The first-order chi connectivity index (χ1) is 17.2. The van der Waals surface area contributed by atoms with Crippen molar-refractivity contribution in [3.8, 4) is 0 Å². The Hall–Kier alpha value is -1.81. The summed E-state index contributed by atoms with van der Waals surface area (Å²) in [5, 5.41) is 6.09. The van der Waals surface area contributed by atoms with Crippen molar-refractivity contribution in [2.75, 3.05) is 10.6 Å². The van der Waals surface area contributed by atoms with Gasteiger partial charge in [0.15, 0.2) is 0 Å². The minimum Gasteiger partial charge on any atom is -0.326 e. The number of nitrogens with one attached hydrogen (secondary N) is 2. The van der Waals surface area contributed by atoms with Crippen molar-refractivity contribution >= 4 is 93.0 Å². The minimum absolute atomic E-state index is 0.0266. The lowest BCUT2D eigenvalue weighted by atomic mass is 10.1. The topological polar surface area (TPSA) is 58.2 Å². The van der Waals surface area contributed by atoms with Gasteiger partial charge in [-0.3, -0.25) is 9.59 Å². The summed E-state index contributed by atoms with van der Waals surface area (Å²) in [7, 11) is 0. The lowest BCUT2D eigenvalue weighted by molar-refractivity contribution is -0.117. The van der Waals surface area contributed by atoms with E-state index in [1.165, 1.54) is 42.5 Å². The van der Waals surface area contributed by atoms with E-state index in [0.717, 1.165) is 0 Å². The number of halogens is 8. The van der Waals surface area contributed by atoms with Gasteiger partial charge < -0.3 is 10.6 Å². The van der Waals surface area contributed by atoms with Crippen LogP contribution in [0.1, 0.15) is 21.8 Å². The first-order valence-corrected chi connectivity index (χ1v) is 13.1. The highest BCUT2D eigenvalue weighted by Crippen LogP contribution is 2.65. The van der Waals surface area contributed by atoms with Crippen molar-refractivity contribution in [3.63, 3.8) is 0 Å². The third-order valence-corrected chi connectivity index (χ3v) is 7.85. The minimum atomic E-state index is -4.42. The Bertz CT molecular complexity index is 1350. The molecule has 0 aromatic heterocycles. The summed E-state index contributed by atoms with van der Waals surface area (Å²) in [5.74, 6) is -2.48. The molecule has 0 radical (unpaired) electrons. The summed E-state index contributed by atoms with van der Waals surface area (Å²) < 4.78 is 36.1. The first kappa shape index (κ1) is 28.2. The number of hydrogen-bond acceptors (Lipinski definition) is 3. The zero-order chi connectivity index (χ0) is 27.1. The summed E-state index contributed by atoms with van der Waals surface area (Å²) in [6.45, 7) is 0. The fourth-order valence-corrected chi connectivity index (χ4v) is 5.87. The van der Waals surface area contributed by atoms with Gasteiger partial charge in [0, 0.05) is 32.2 Å². The van der Waals surface area contributed by atoms with Crippen LogP contribution >= 0.6 is 69.8 Å². The third kappa shape index (κ3) is 6.80. The lowest BCUT2D eigenvalue weighted by Crippen LogP contribution is -2.18. The highest BCUT2D eigenvalue weighted by atomic mass is 35.5. The molecule has 2 N–H and O–H groups in total. The predicted octanol–water partition coefficient (Wildman–Crippen LogP) is 9.04. The fourth-order valence-electron chi connectivity index (χ4n) is 3.76. The maximum atomic E-state index is 13.0. The number of anilines is 2. The second kappa shape index (κ2) is 10.8. The van der Waals surface area contributed by atoms with Crippen LogP contribution in [-0.4, -0.2) is 21.7 Å². The van der Waals surface area contributed by atoms with Gasteiger partial charge in [-0.1, -0.05) is 34.8 Å². The van der Waals surface area contributed by atoms with Gasteiger partial charge in [0.1, 0.15) is 4.33 Å². The van der Waals surface area contributed by atoms with Crippen molar-refractivity contribution in [1.29, 1.82) is 0 Å². The Labute approximate surface area is 238 Å². The van der Waals surface area contributed by atoms with Crippen LogP contribution in [0.25, 0.3) is 0 Å². The maximum Gasteiger partial charge on any atom is 0.446 e. The molecule has 1 aliphatic carbocycles. The molecule has 0 saturated heterocycles. The number of carbonyl (C=O) groups is 2. The first-order valence-electron chi connectivity index (χ1n) is 10.4. The highest BCUT2D eigenvalue weighted by molar-refractivity contribution is 8.00. The summed E-state index contributed by atoms with van der Waals surface area (Å²) in [6, 6.07) is 14.2. The molecule has 194 valence electrons. The quantitative estimate of drug-likeness (QED) is 0.212. The van der Waals surface area contributed by atoms with Gasteiger partial charge in [-0.2, -0.15) is 13.2 Å². The van der Waals surface area contributed by atoms with E-state index in [1.54, 1.807) is 18.2 Å². The molecule has 0 heterocycles. The number of rotatable bonds is 6. The molecule has 0 bridgehead atoms. The smallest absolute Gasteiger partial charge is 0.326 e. The van der Waals surface area contributed by atoms with Gasteiger partial charge in [-0.05, 0) is 78.0 Å². The van der Waals surface area contributed by atoms with Crippen LogP contribution in [0.5, 0.6) is 0 Å². The van der Waals surface area contributed by atoms with Crippen LogP contribution < -0.4 is 10.6 Å². The average molecular weight is 629 g/mol. The monoisotopic (exact) mass is 626 g/mol. The molecule has 0 unspecified atom stereocenters. The van der Waals surface area contributed by atoms with Gasteiger partial charge in [-0.25, -0.2) is 0 Å². The van der Waals surface area contributed by atoms with E-state index in [2.05, 4.69) is 10.6 Å². The number of benzene rings is 3. The van der Waals surface area contributed by atoms with Crippen molar-refractivity contribution in [2.45, 2.75) is 20.7 Å². The predicted molar refractivity (Wildman–Crippen MR) is 144 cm³/mol. The van der Waals surface area contributed by atoms with E-state index in [9.17, 15) is 22.8 Å². The van der Waals surface area contributed by atoms with Gasteiger partial charge in [0.05, 0.1) is 16.5 Å². The van der Waals surface area contributed by atoms with Gasteiger partial charge in [-0.15, -0.1) is 23.2 Å². The largest absolute Gasteiger partial charge is 0.446 e. The molecule has 1 aliphatic rings. The van der Waals surface area contributed by atoms with Crippen LogP contribution in [-0.2, 0) is 4.79 Å². The molecule has 4 nitrogen and oxygen atoms in total. The summed E-state index contributed by atoms with van der Waals surface area (Å²) >= 11 is 30.8. The summed E-state index contributed by atoms with van der Waals surface area (Å²) in [5.41, 5.74) is -3.26. The molecule has 2 atom stereocenters. The van der Waals surface area contributed by atoms with Crippen LogP contribution in [0, 0.1) is 5.92 Å². The number of hydrogen-bond donors (Lipinski definition) is 2. The zero-order valence-corrected chi connectivity index (χ0v) is 22.8. The molecule has 3 aromatic carbocycles. The van der Waals surface area contributed by atoms with Crippen LogP contribution in [0.3, 0.4) is 0 Å². The van der Waals surface area contributed by atoms with Crippen molar-refractivity contribution in [3.05, 3.63) is 86.9 Å². The van der Waals surface area contributed by atoms with Gasteiger partial charge >= 0.3 is 5.51 Å². The molecular weight excluding hydrogens is 615 g/mol. The third-order valence-electron chi connectivity index (χ3n) is 5.40. The van der Waals surface area contributed by atoms with Crippen molar-refractivity contribution in [2.24, 2.45) is 5.92 Å². The Morgan fingerprint density at radius 2 is 1.43 bits per heavy atom. The van der Waals surface area contributed by atoms with E-state index >= 15 is 0 Å². The zero-order valence-electron chi connectivity index (χ0n) is 18.2. The normalized spacial score (nSPS) is 18.3. The van der Waals surface area contributed by atoms with Crippen molar-refractivity contribution in [1.82, 2.24) is 0 Å². The molecule has 2 amide bonds. The lowest BCUT2D eigenvalue weighted by Gasteiger charge is -2.11. The van der Waals surface area contributed by atoms with Gasteiger partial charge in [0.2, 0.25) is 5.91 Å². The molecule has 0 aliphatic heterocycles. The molecule has 3 aromatic rings. The SMILES string of the molecule is O=C(Nc1ccc(SC(F)(F)F)cc1)c1cc(NC(=O)[C@H]2[C@H](c3cc(Cl)cc(Cl)c3)C2(Cl)Cl)ccc1Cl. The van der Waals surface area contributed by atoms with E-state index in [-0.39, 0.29) is 38.6 Å². The maximum absolute atomic E-state index is 13.0. The Kier molecular flexibility index (Phi) is 8.19. The molecular formula is C24H14Cl5F3N2O2S. The number of carbonyl (C=O) groups excluding carboxylic acids is 2. The number of amides is 2. The van der Waals surface area contributed by atoms with E-state index in [4.69, 9.17) is 58.0 Å². The molecule has 37 heavy (non-hydrogen) atoms. The summed E-state index contributed by atoms with van der Waals surface area (Å²) in [6.07, 6.45) is 0. The number of thioether (sulfide) groups is 1. The molecule has 1 fully saturated rings. The van der Waals surface area contributed by atoms with Gasteiger partial charge in [0.25, 0.3) is 5.91 Å². The highest BCUT2D eigenvalue weighted by Gasteiger charge is 2.67. The van der Waals surface area contributed by atoms with Crippen LogP contribution in [0.4, 0.5) is 24.5 Å². The molecule has 1 saturated carbocycles. The van der Waals surface area contributed by atoms with E-state index in [0.29, 0.717) is 15.6 Å². The Balaban J connectivity index is 1.46.